The molecule has 0 fully saturated rings. The Balaban J connectivity index is 0.000000314. The number of carbonyl (C=O) groups excluding carboxylic acids is 1. The SMILES string of the molecule is CCCCCCCCCCCCCCOC(=O)c1ccc(C)c(N)c1.CCn1c(C(C)O)nc2ccccc2c1=O. The van der Waals surface area contributed by atoms with Crippen molar-refractivity contribution in [1.29, 1.82) is 0 Å². The maximum Gasteiger partial charge on any atom is 0.338 e. The summed E-state index contributed by atoms with van der Waals surface area (Å²) in [5, 5.41) is 10.2. The monoisotopic (exact) mass is 565 g/mol. The fraction of sp³-hybridized carbons (Fsp3) is 0.559. The number of fused-ring (bicyclic) bond motifs is 1. The fourth-order valence-corrected chi connectivity index (χ4v) is 4.77. The van der Waals surface area contributed by atoms with E-state index in [9.17, 15) is 14.7 Å². The number of anilines is 1. The lowest BCUT2D eigenvalue weighted by atomic mass is 10.1. The standard InChI is InChI=1S/C22H37NO2.C12H14N2O2/c1-3-4-5-6-7-8-9-10-11-12-13-14-17-25-22(24)20-16-15-19(2)21(23)18-20;1-3-14-11(8(2)15)13-10-7-5-4-6-9(10)12(14)16/h15-16,18H,3-14,17,23H2,1-2H3;4-8,15H,3H2,1-2H3. The van der Waals surface area contributed by atoms with Crippen LogP contribution in [0.1, 0.15) is 126 Å². The number of nitrogens with two attached hydrogens (primary N) is 1. The lowest BCUT2D eigenvalue weighted by Crippen LogP contribution is -2.25. The van der Waals surface area contributed by atoms with Gasteiger partial charge in [-0.2, -0.15) is 0 Å². The molecule has 0 aliphatic heterocycles. The molecule has 1 unspecified atom stereocenters. The van der Waals surface area contributed by atoms with Crippen molar-refractivity contribution in [2.45, 2.75) is 117 Å². The average Bonchev–Trinajstić information content (AvgIpc) is 2.97. The van der Waals surface area contributed by atoms with Gasteiger partial charge in [-0.05, 0) is 57.0 Å². The van der Waals surface area contributed by atoms with E-state index in [0.717, 1.165) is 18.4 Å². The van der Waals surface area contributed by atoms with Gasteiger partial charge in [0.25, 0.3) is 5.56 Å². The Labute approximate surface area is 246 Å². The average molecular weight is 566 g/mol. The number of aliphatic hydroxyl groups is 1. The molecular weight excluding hydrogens is 514 g/mol. The summed E-state index contributed by atoms with van der Waals surface area (Å²) >= 11 is 0. The summed E-state index contributed by atoms with van der Waals surface area (Å²) < 4.78 is 6.83. The maximum atomic E-state index is 12.1. The van der Waals surface area contributed by atoms with E-state index in [4.69, 9.17) is 10.5 Å². The van der Waals surface area contributed by atoms with Crippen LogP contribution in [0, 0.1) is 6.92 Å². The summed E-state index contributed by atoms with van der Waals surface area (Å²) in [6, 6.07) is 12.5. The number of benzene rings is 2. The Morgan fingerprint density at radius 2 is 1.51 bits per heavy atom. The van der Waals surface area contributed by atoms with Crippen LogP contribution < -0.4 is 11.3 Å². The minimum Gasteiger partial charge on any atom is -0.462 e. The molecule has 0 aliphatic rings. The highest BCUT2D eigenvalue weighted by molar-refractivity contribution is 5.90. The van der Waals surface area contributed by atoms with Gasteiger partial charge in [0.05, 0.1) is 23.1 Å². The van der Waals surface area contributed by atoms with Crippen molar-refractivity contribution in [3.05, 3.63) is 69.8 Å². The maximum absolute atomic E-state index is 12.1. The molecule has 0 saturated carbocycles. The topological polar surface area (TPSA) is 107 Å². The molecule has 2 aromatic carbocycles. The van der Waals surface area contributed by atoms with Crippen molar-refractivity contribution in [3.63, 3.8) is 0 Å². The third kappa shape index (κ3) is 11.7. The van der Waals surface area contributed by atoms with Gasteiger partial charge in [-0.3, -0.25) is 9.36 Å². The highest BCUT2D eigenvalue weighted by Crippen LogP contribution is 2.15. The lowest BCUT2D eigenvalue weighted by Gasteiger charge is -2.13. The van der Waals surface area contributed by atoms with Crippen molar-refractivity contribution in [3.8, 4) is 0 Å². The number of hydrogen-bond acceptors (Lipinski definition) is 6. The number of unbranched alkanes of at least 4 members (excludes halogenated alkanes) is 11. The number of nitrogens with zero attached hydrogens (tertiary/aromatic N) is 2. The summed E-state index contributed by atoms with van der Waals surface area (Å²) in [4.78, 5) is 28.3. The van der Waals surface area contributed by atoms with Gasteiger partial charge in [0, 0.05) is 12.2 Å². The van der Waals surface area contributed by atoms with Crippen LogP contribution in [-0.4, -0.2) is 27.2 Å². The zero-order valence-corrected chi connectivity index (χ0v) is 25.7. The fourth-order valence-electron chi connectivity index (χ4n) is 4.77. The zero-order chi connectivity index (χ0) is 30.0. The van der Waals surface area contributed by atoms with Gasteiger partial charge in [0.2, 0.25) is 0 Å². The zero-order valence-electron chi connectivity index (χ0n) is 25.7. The van der Waals surface area contributed by atoms with Crippen LogP contribution in [0.25, 0.3) is 10.9 Å². The molecule has 0 bridgehead atoms. The second-order valence-corrected chi connectivity index (χ2v) is 10.8. The van der Waals surface area contributed by atoms with Crippen LogP contribution in [0.4, 0.5) is 5.69 Å². The van der Waals surface area contributed by atoms with Crippen molar-refractivity contribution in [1.82, 2.24) is 9.55 Å². The summed E-state index contributed by atoms with van der Waals surface area (Å²) in [6.45, 7) is 8.68. The second-order valence-electron chi connectivity index (χ2n) is 10.8. The van der Waals surface area contributed by atoms with E-state index >= 15 is 0 Å². The molecule has 7 heteroatoms. The van der Waals surface area contributed by atoms with Crippen molar-refractivity contribution in [2.24, 2.45) is 0 Å². The Hall–Kier alpha value is -3.19. The third-order valence-corrected chi connectivity index (χ3v) is 7.33. The molecule has 1 atom stereocenters. The highest BCUT2D eigenvalue weighted by Gasteiger charge is 2.13. The van der Waals surface area contributed by atoms with Crippen molar-refractivity contribution < 1.29 is 14.6 Å². The van der Waals surface area contributed by atoms with Crippen LogP contribution in [0.2, 0.25) is 0 Å². The van der Waals surface area contributed by atoms with Crippen LogP contribution >= 0.6 is 0 Å². The van der Waals surface area contributed by atoms with E-state index < -0.39 is 6.10 Å². The first-order chi connectivity index (χ1) is 19.8. The molecule has 0 saturated heterocycles. The predicted octanol–water partition coefficient (Wildman–Crippen LogP) is 7.90. The number of aromatic nitrogens is 2. The van der Waals surface area contributed by atoms with E-state index in [1.165, 1.54) is 68.8 Å². The Kier molecular flexibility index (Phi) is 15.8. The molecule has 1 aromatic heterocycles. The summed E-state index contributed by atoms with van der Waals surface area (Å²) in [5.74, 6) is 0.154. The second kappa shape index (κ2) is 19.0. The number of carbonyl (C=O) groups is 1. The van der Waals surface area contributed by atoms with Gasteiger partial charge < -0.3 is 15.6 Å². The number of rotatable bonds is 16. The number of ether oxygens (including phenoxy) is 1. The van der Waals surface area contributed by atoms with Gasteiger partial charge in [-0.15, -0.1) is 0 Å². The first kappa shape index (κ1) is 34.0. The molecule has 41 heavy (non-hydrogen) atoms. The number of aryl methyl sites for hydroxylation is 1. The first-order valence-corrected chi connectivity index (χ1v) is 15.5. The third-order valence-electron chi connectivity index (χ3n) is 7.33. The van der Waals surface area contributed by atoms with Crippen LogP contribution in [0.5, 0.6) is 0 Å². The number of para-hydroxylation sites is 1. The largest absolute Gasteiger partial charge is 0.462 e. The number of esters is 1. The molecule has 7 nitrogen and oxygen atoms in total. The predicted molar refractivity (Wildman–Crippen MR) is 169 cm³/mol. The first-order valence-electron chi connectivity index (χ1n) is 15.5. The molecule has 0 aliphatic carbocycles. The highest BCUT2D eigenvalue weighted by atomic mass is 16.5. The molecule has 3 rings (SSSR count). The van der Waals surface area contributed by atoms with Gasteiger partial charge >= 0.3 is 5.97 Å². The summed E-state index contributed by atoms with van der Waals surface area (Å²) in [7, 11) is 0. The minimum absolute atomic E-state index is 0.0935. The quantitative estimate of drug-likeness (QED) is 0.104. The van der Waals surface area contributed by atoms with E-state index in [2.05, 4.69) is 11.9 Å². The van der Waals surface area contributed by atoms with E-state index in [1.807, 2.05) is 32.0 Å². The van der Waals surface area contributed by atoms with Gasteiger partial charge in [-0.1, -0.05) is 95.8 Å². The van der Waals surface area contributed by atoms with Gasteiger partial charge in [-0.25, -0.2) is 9.78 Å². The summed E-state index contributed by atoms with van der Waals surface area (Å²) in [6.07, 6.45) is 14.9. The molecule has 0 amide bonds. The molecule has 3 N–H and O–H groups in total. The van der Waals surface area contributed by atoms with Crippen LogP contribution in [0.15, 0.2) is 47.3 Å². The lowest BCUT2D eigenvalue weighted by molar-refractivity contribution is 0.0497. The Morgan fingerprint density at radius 3 is 2.07 bits per heavy atom. The minimum atomic E-state index is -0.739. The molecule has 0 radical (unpaired) electrons. The van der Waals surface area contributed by atoms with Crippen molar-refractivity contribution in [2.75, 3.05) is 12.3 Å². The smallest absolute Gasteiger partial charge is 0.338 e. The van der Waals surface area contributed by atoms with Crippen molar-refractivity contribution >= 4 is 22.6 Å². The van der Waals surface area contributed by atoms with Crippen LogP contribution in [0.3, 0.4) is 0 Å². The van der Waals surface area contributed by atoms with Gasteiger partial charge in [0.15, 0.2) is 0 Å². The summed E-state index contributed by atoms with van der Waals surface area (Å²) in [5.41, 5.74) is 8.53. The Morgan fingerprint density at radius 1 is 0.927 bits per heavy atom. The number of nitrogen functional groups attached to an aromatic ring is 1. The van der Waals surface area contributed by atoms with Crippen LogP contribution in [-0.2, 0) is 11.3 Å². The Bertz CT molecular complexity index is 1250. The molecule has 0 spiro atoms. The normalized spacial score (nSPS) is 11.6. The number of aliphatic hydroxyl groups excluding tert-OH is 1. The number of hydrogen-bond donors (Lipinski definition) is 2. The van der Waals surface area contributed by atoms with E-state index in [0.29, 0.717) is 41.1 Å². The molecule has 226 valence electrons. The molecular formula is C34H51N3O4. The van der Waals surface area contributed by atoms with E-state index in [-0.39, 0.29) is 11.5 Å². The molecule has 3 aromatic rings. The van der Waals surface area contributed by atoms with E-state index in [1.54, 1.807) is 31.2 Å². The molecule has 1 heterocycles. The van der Waals surface area contributed by atoms with Gasteiger partial charge in [0.1, 0.15) is 11.9 Å².